The van der Waals surface area contributed by atoms with Gasteiger partial charge in [0.2, 0.25) is 24.6 Å². The zero-order valence-corrected chi connectivity index (χ0v) is 13.6. The minimum Gasteiger partial charge on any atom is -0.454 e. The largest absolute Gasteiger partial charge is 0.454 e. The van der Waals surface area contributed by atoms with Crippen molar-refractivity contribution in [2.45, 2.75) is 12.5 Å². The molecule has 0 radical (unpaired) electrons. The summed E-state index contributed by atoms with van der Waals surface area (Å²) in [5.41, 5.74) is 2.19. The van der Waals surface area contributed by atoms with Crippen molar-refractivity contribution in [3.63, 3.8) is 0 Å². The predicted octanol–water partition coefficient (Wildman–Crippen LogP) is 2.29. The molecule has 1 atom stereocenters. The van der Waals surface area contributed by atoms with E-state index in [1.54, 1.807) is 22.8 Å². The number of benzene rings is 2. The van der Waals surface area contributed by atoms with Gasteiger partial charge >= 0.3 is 0 Å². The van der Waals surface area contributed by atoms with E-state index in [1.165, 1.54) is 0 Å². The molecule has 0 fully saturated rings. The number of hydrogen-bond donors (Lipinski definition) is 2. The van der Waals surface area contributed by atoms with Crippen LogP contribution in [0.15, 0.2) is 42.5 Å². The third-order valence-corrected chi connectivity index (χ3v) is 4.48. The smallest absolute Gasteiger partial charge is 0.250 e. The lowest BCUT2D eigenvalue weighted by Gasteiger charge is -2.12. The fourth-order valence-corrected chi connectivity index (χ4v) is 3.30. The highest BCUT2D eigenvalue weighted by molar-refractivity contribution is 6.03. The number of para-hydroxylation sites is 2. The van der Waals surface area contributed by atoms with Gasteiger partial charge < -0.3 is 14.8 Å². The van der Waals surface area contributed by atoms with Crippen molar-refractivity contribution < 1.29 is 19.1 Å². The molecule has 5 rings (SSSR count). The number of carbonyl (C=O) groups excluding carboxylic acids is 2. The molecule has 0 spiro atoms. The SMILES string of the molecule is O=C(C[C@H]1C(=O)Nc2nc3ccccc3n21)Nc1ccc2c(c1)OCO2. The first-order valence-electron chi connectivity index (χ1n) is 8.16. The fourth-order valence-electron chi connectivity index (χ4n) is 3.30. The summed E-state index contributed by atoms with van der Waals surface area (Å²) < 4.78 is 12.3. The highest BCUT2D eigenvalue weighted by atomic mass is 16.7. The van der Waals surface area contributed by atoms with Crippen molar-refractivity contribution in [1.29, 1.82) is 0 Å². The summed E-state index contributed by atoms with van der Waals surface area (Å²) >= 11 is 0. The van der Waals surface area contributed by atoms with Gasteiger partial charge in [0, 0.05) is 11.8 Å². The molecule has 0 bridgehead atoms. The van der Waals surface area contributed by atoms with E-state index in [1.807, 2.05) is 24.3 Å². The van der Waals surface area contributed by atoms with Crippen molar-refractivity contribution in [3.8, 4) is 11.5 Å². The summed E-state index contributed by atoms with van der Waals surface area (Å²) in [4.78, 5) is 29.2. The number of nitrogens with zero attached hydrogens (tertiary/aromatic N) is 2. The lowest BCUT2D eigenvalue weighted by molar-refractivity contribution is -0.123. The third-order valence-electron chi connectivity index (χ3n) is 4.48. The van der Waals surface area contributed by atoms with Gasteiger partial charge in [0.1, 0.15) is 6.04 Å². The number of hydrogen-bond acceptors (Lipinski definition) is 5. The van der Waals surface area contributed by atoms with Gasteiger partial charge in [-0.3, -0.25) is 19.5 Å². The summed E-state index contributed by atoms with van der Waals surface area (Å²) in [7, 11) is 0. The Morgan fingerprint density at radius 2 is 2.08 bits per heavy atom. The topological polar surface area (TPSA) is 94.5 Å². The molecule has 2 N–H and O–H groups in total. The van der Waals surface area contributed by atoms with Crippen molar-refractivity contribution >= 4 is 34.5 Å². The maximum absolute atomic E-state index is 12.5. The number of fused-ring (bicyclic) bond motifs is 4. The first kappa shape index (κ1) is 14.8. The van der Waals surface area contributed by atoms with Crippen LogP contribution in [-0.4, -0.2) is 28.2 Å². The van der Waals surface area contributed by atoms with E-state index >= 15 is 0 Å². The van der Waals surface area contributed by atoms with Crippen LogP contribution < -0.4 is 20.1 Å². The predicted molar refractivity (Wildman–Crippen MR) is 93.2 cm³/mol. The van der Waals surface area contributed by atoms with Gasteiger partial charge in [-0.25, -0.2) is 4.98 Å². The van der Waals surface area contributed by atoms with Crippen LogP contribution in [0.1, 0.15) is 12.5 Å². The Morgan fingerprint density at radius 3 is 3.00 bits per heavy atom. The first-order chi connectivity index (χ1) is 12.7. The standard InChI is InChI=1S/C18H14N4O4/c23-16(19-10-5-6-14-15(7-10)26-9-25-14)8-13-17(24)21-18-20-11-3-1-2-4-12(11)22(13)18/h1-7,13H,8-9H2,(H,19,23)(H,20,21,24)/t13-/m0/s1. The van der Waals surface area contributed by atoms with E-state index < -0.39 is 6.04 Å². The highest BCUT2D eigenvalue weighted by Gasteiger charge is 2.34. The molecule has 0 unspecified atom stereocenters. The van der Waals surface area contributed by atoms with Gasteiger partial charge in [-0.05, 0) is 24.3 Å². The van der Waals surface area contributed by atoms with E-state index in [2.05, 4.69) is 15.6 Å². The van der Waals surface area contributed by atoms with Gasteiger partial charge in [0.25, 0.3) is 0 Å². The Bertz CT molecular complexity index is 1060. The zero-order chi connectivity index (χ0) is 17.7. The number of ether oxygens (including phenoxy) is 2. The van der Waals surface area contributed by atoms with E-state index in [0.29, 0.717) is 23.1 Å². The van der Waals surface area contributed by atoms with Gasteiger partial charge in [0.15, 0.2) is 11.5 Å². The molecule has 130 valence electrons. The molecule has 26 heavy (non-hydrogen) atoms. The second kappa shape index (κ2) is 5.48. The van der Waals surface area contributed by atoms with Crippen molar-refractivity contribution in [2.24, 2.45) is 0 Å². The van der Waals surface area contributed by atoms with Crippen molar-refractivity contribution in [1.82, 2.24) is 9.55 Å². The van der Waals surface area contributed by atoms with Gasteiger partial charge in [-0.15, -0.1) is 0 Å². The Labute approximate surface area is 147 Å². The number of carbonyl (C=O) groups is 2. The van der Waals surface area contributed by atoms with Crippen LogP contribution in [0.5, 0.6) is 11.5 Å². The van der Waals surface area contributed by atoms with Crippen molar-refractivity contribution in [2.75, 3.05) is 17.4 Å². The van der Waals surface area contributed by atoms with Crippen molar-refractivity contribution in [3.05, 3.63) is 42.5 Å². The van der Waals surface area contributed by atoms with E-state index in [0.717, 1.165) is 11.0 Å². The van der Waals surface area contributed by atoms with E-state index in [9.17, 15) is 9.59 Å². The average Bonchev–Trinajstić information content (AvgIpc) is 3.29. The minimum atomic E-state index is -0.633. The Hall–Kier alpha value is -3.55. The Kier molecular flexibility index (Phi) is 3.11. The van der Waals surface area contributed by atoms with Crippen LogP contribution in [0.2, 0.25) is 0 Å². The van der Waals surface area contributed by atoms with Gasteiger partial charge in [-0.2, -0.15) is 0 Å². The lowest BCUT2D eigenvalue weighted by atomic mass is 10.1. The van der Waals surface area contributed by atoms with Crippen LogP contribution in [0.4, 0.5) is 11.6 Å². The third kappa shape index (κ3) is 2.26. The van der Waals surface area contributed by atoms with E-state index in [4.69, 9.17) is 9.47 Å². The first-order valence-corrected chi connectivity index (χ1v) is 8.16. The maximum Gasteiger partial charge on any atom is 0.250 e. The summed E-state index contributed by atoms with van der Waals surface area (Å²) in [5.74, 6) is 1.20. The molecule has 2 aliphatic heterocycles. The molecule has 8 nitrogen and oxygen atoms in total. The quantitative estimate of drug-likeness (QED) is 0.756. The summed E-state index contributed by atoms with van der Waals surface area (Å²) in [6, 6.07) is 12.1. The number of anilines is 2. The molecule has 3 aromatic rings. The highest BCUT2D eigenvalue weighted by Crippen LogP contribution is 2.35. The number of rotatable bonds is 3. The molecule has 2 aliphatic rings. The lowest BCUT2D eigenvalue weighted by Crippen LogP contribution is -2.23. The van der Waals surface area contributed by atoms with Crippen LogP contribution in [0.3, 0.4) is 0 Å². The fraction of sp³-hybridized carbons (Fsp3) is 0.167. The molecule has 0 saturated carbocycles. The molecule has 3 heterocycles. The normalized spacial score (nSPS) is 17.2. The monoisotopic (exact) mass is 350 g/mol. The number of amides is 2. The molecule has 0 saturated heterocycles. The number of imidazole rings is 1. The van der Waals surface area contributed by atoms with Gasteiger partial charge in [-0.1, -0.05) is 12.1 Å². The molecular formula is C18H14N4O4. The Balaban J connectivity index is 1.38. The second-order valence-electron chi connectivity index (χ2n) is 6.12. The van der Waals surface area contributed by atoms with Gasteiger partial charge in [0.05, 0.1) is 17.5 Å². The van der Waals surface area contributed by atoms with Crippen LogP contribution in [0.25, 0.3) is 11.0 Å². The Morgan fingerprint density at radius 1 is 1.23 bits per heavy atom. The molecule has 0 aliphatic carbocycles. The van der Waals surface area contributed by atoms with Crippen LogP contribution >= 0.6 is 0 Å². The summed E-state index contributed by atoms with van der Waals surface area (Å²) in [6.07, 6.45) is 0.00757. The maximum atomic E-state index is 12.5. The summed E-state index contributed by atoms with van der Waals surface area (Å²) in [6.45, 7) is 0.172. The average molecular weight is 350 g/mol. The minimum absolute atomic E-state index is 0.00757. The second-order valence-corrected chi connectivity index (χ2v) is 6.12. The van der Waals surface area contributed by atoms with Crippen LogP contribution in [-0.2, 0) is 9.59 Å². The van der Waals surface area contributed by atoms with E-state index in [-0.39, 0.29) is 25.0 Å². The number of nitrogens with one attached hydrogen (secondary N) is 2. The molecule has 1 aromatic heterocycles. The van der Waals surface area contributed by atoms with Crippen LogP contribution in [0, 0.1) is 0 Å². The molecule has 2 aromatic carbocycles. The number of aromatic nitrogens is 2. The molecular weight excluding hydrogens is 336 g/mol. The summed E-state index contributed by atoms with van der Waals surface area (Å²) in [5, 5.41) is 5.54. The molecule has 8 heteroatoms. The zero-order valence-electron chi connectivity index (χ0n) is 13.6. The molecule has 2 amide bonds.